The monoisotopic (exact) mass is 296 g/mol. The van der Waals surface area contributed by atoms with Crippen LogP contribution in [0.1, 0.15) is 32.1 Å². The molecule has 0 saturated carbocycles. The summed E-state index contributed by atoms with van der Waals surface area (Å²) in [6.45, 7) is 5.90. The Kier molecular flexibility index (Phi) is 3.26. The number of benzene rings is 1. The molecule has 0 unspecified atom stereocenters. The Labute approximate surface area is 127 Å². The summed E-state index contributed by atoms with van der Waals surface area (Å²) in [6, 6.07) is 9.68. The summed E-state index contributed by atoms with van der Waals surface area (Å²) in [4.78, 5) is 18.6. The summed E-state index contributed by atoms with van der Waals surface area (Å²) >= 11 is 1.37. The molecular formula is C17H16N2OS. The lowest BCUT2D eigenvalue weighted by Crippen LogP contribution is -2.04. The zero-order valence-electron chi connectivity index (χ0n) is 12.2. The van der Waals surface area contributed by atoms with Crippen molar-refractivity contribution in [3.8, 4) is 0 Å². The van der Waals surface area contributed by atoms with Gasteiger partial charge in [0.2, 0.25) is 5.78 Å². The standard InChI is InChI=1S/C17H16N2OS/c1-9-4-6-12(10(2)8-9)15(20)16-14(18)13-7-5-11(3)19-17(13)21-16/h4-8H,18H2,1-3H3. The van der Waals surface area contributed by atoms with Gasteiger partial charge in [-0.3, -0.25) is 4.79 Å². The number of fused-ring (bicyclic) bond motifs is 1. The SMILES string of the molecule is Cc1ccc(C(=O)c2sc3nc(C)ccc3c2N)c(C)c1. The number of nitrogens with two attached hydrogens (primary N) is 1. The van der Waals surface area contributed by atoms with Gasteiger partial charge < -0.3 is 5.73 Å². The van der Waals surface area contributed by atoms with Crippen LogP contribution in [0.15, 0.2) is 30.3 Å². The Bertz CT molecular complexity index is 865. The number of hydrogen-bond donors (Lipinski definition) is 1. The van der Waals surface area contributed by atoms with Crippen molar-refractivity contribution < 1.29 is 4.79 Å². The van der Waals surface area contributed by atoms with Crippen molar-refractivity contribution in [1.29, 1.82) is 0 Å². The smallest absolute Gasteiger partial charge is 0.205 e. The summed E-state index contributed by atoms with van der Waals surface area (Å²) in [6.07, 6.45) is 0. The van der Waals surface area contributed by atoms with E-state index < -0.39 is 0 Å². The molecule has 3 nitrogen and oxygen atoms in total. The van der Waals surface area contributed by atoms with Gasteiger partial charge in [0.15, 0.2) is 0 Å². The van der Waals surface area contributed by atoms with Crippen molar-refractivity contribution >= 4 is 33.0 Å². The third-order valence-corrected chi connectivity index (χ3v) is 4.68. The van der Waals surface area contributed by atoms with Crippen molar-refractivity contribution in [2.75, 3.05) is 5.73 Å². The minimum atomic E-state index is -0.0225. The van der Waals surface area contributed by atoms with E-state index in [1.165, 1.54) is 11.3 Å². The molecule has 0 saturated heterocycles. The fourth-order valence-electron chi connectivity index (χ4n) is 2.45. The quantitative estimate of drug-likeness (QED) is 0.726. The normalized spacial score (nSPS) is 11.0. The fraction of sp³-hybridized carbons (Fsp3) is 0.176. The molecule has 2 aromatic heterocycles. The van der Waals surface area contributed by atoms with E-state index in [4.69, 9.17) is 5.73 Å². The number of carbonyl (C=O) groups is 1. The fourth-order valence-corrected chi connectivity index (χ4v) is 3.54. The van der Waals surface area contributed by atoms with E-state index in [0.29, 0.717) is 16.1 Å². The molecule has 0 aliphatic heterocycles. The number of aromatic nitrogens is 1. The second-order valence-corrected chi connectivity index (χ2v) is 6.30. The van der Waals surface area contributed by atoms with Crippen LogP contribution in [0.2, 0.25) is 0 Å². The highest BCUT2D eigenvalue weighted by Gasteiger charge is 2.20. The highest BCUT2D eigenvalue weighted by Crippen LogP contribution is 2.34. The van der Waals surface area contributed by atoms with Gasteiger partial charge in [-0.05, 0) is 38.5 Å². The molecule has 0 spiro atoms. The van der Waals surface area contributed by atoms with Gasteiger partial charge in [0.1, 0.15) is 9.71 Å². The van der Waals surface area contributed by atoms with E-state index in [1.807, 2.05) is 51.1 Å². The lowest BCUT2D eigenvalue weighted by molar-refractivity contribution is 0.104. The molecular weight excluding hydrogens is 280 g/mol. The lowest BCUT2D eigenvalue weighted by Gasteiger charge is -2.05. The van der Waals surface area contributed by atoms with Crippen LogP contribution in [0, 0.1) is 20.8 Å². The zero-order chi connectivity index (χ0) is 15.1. The summed E-state index contributed by atoms with van der Waals surface area (Å²) < 4.78 is 0. The number of ketones is 1. The predicted octanol–water partition coefficient (Wildman–Crippen LogP) is 4.03. The van der Waals surface area contributed by atoms with Gasteiger partial charge in [0, 0.05) is 16.6 Å². The van der Waals surface area contributed by atoms with E-state index in [-0.39, 0.29) is 5.78 Å². The first-order chi connectivity index (χ1) is 9.97. The maximum atomic E-state index is 12.8. The topological polar surface area (TPSA) is 56.0 Å². The first kappa shape index (κ1) is 13.8. The molecule has 21 heavy (non-hydrogen) atoms. The van der Waals surface area contributed by atoms with Gasteiger partial charge in [0.25, 0.3) is 0 Å². The Morgan fingerprint density at radius 3 is 2.62 bits per heavy atom. The van der Waals surface area contributed by atoms with Crippen molar-refractivity contribution in [3.63, 3.8) is 0 Å². The molecule has 3 aromatic rings. The van der Waals surface area contributed by atoms with Crippen LogP contribution in [0.5, 0.6) is 0 Å². The molecule has 3 rings (SSSR count). The molecule has 0 aliphatic carbocycles. The molecule has 0 fully saturated rings. The van der Waals surface area contributed by atoms with Crippen molar-refractivity contribution in [3.05, 3.63) is 57.6 Å². The lowest BCUT2D eigenvalue weighted by atomic mass is 10.0. The van der Waals surface area contributed by atoms with Crippen LogP contribution < -0.4 is 5.73 Å². The summed E-state index contributed by atoms with van der Waals surface area (Å²) in [5.41, 5.74) is 10.4. The van der Waals surface area contributed by atoms with Gasteiger partial charge in [-0.1, -0.05) is 23.8 Å². The number of nitrogen functional groups attached to an aromatic ring is 1. The second kappa shape index (κ2) is 4.97. The summed E-state index contributed by atoms with van der Waals surface area (Å²) in [5, 5.41) is 0.860. The molecule has 4 heteroatoms. The molecule has 106 valence electrons. The average Bonchev–Trinajstić information content (AvgIpc) is 2.75. The third-order valence-electron chi connectivity index (χ3n) is 3.57. The van der Waals surface area contributed by atoms with Gasteiger partial charge in [-0.25, -0.2) is 4.98 Å². The van der Waals surface area contributed by atoms with Crippen LogP contribution in [0.25, 0.3) is 10.2 Å². The van der Waals surface area contributed by atoms with E-state index in [2.05, 4.69) is 4.98 Å². The maximum absolute atomic E-state index is 12.8. The second-order valence-electron chi connectivity index (χ2n) is 5.30. The number of hydrogen-bond acceptors (Lipinski definition) is 4. The van der Waals surface area contributed by atoms with Crippen LogP contribution in [-0.4, -0.2) is 10.8 Å². The number of rotatable bonds is 2. The van der Waals surface area contributed by atoms with Crippen molar-refractivity contribution in [2.45, 2.75) is 20.8 Å². The zero-order valence-corrected chi connectivity index (χ0v) is 13.0. The first-order valence-corrected chi connectivity index (χ1v) is 7.56. The van der Waals surface area contributed by atoms with E-state index in [9.17, 15) is 4.79 Å². The minimum Gasteiger partial charge on any atom is -0.397 e. The number of anilines is 1. The Morgan fingerprint density at radius 1 is 1.14 bits per heavy atom. The van der Waals surface area contributed by atoms with Gasteiger partial charge in [0.05, 0.1) is 5.69 Å². The average molecular weight is 296 g/mol. The molecule has 2 heterocycles. The number of thiophene rings is 1. The molecule has 0 aliphatic rings. The summed E-state index contributed by atoms with van der Waals surface area (Å²) in [7, 11) is 0. The molecule has 0 atom stereocenters. The predicted molar refractivity (Wildman–Crippen MR) is 88.1 cm³/mol. The Balaban J connectivity index is 2.15. The third kappa shape index (κ3) is 2.32. The van der Waals surface area contributed by atoms with Gasteiger partial charge in [-0.2, -0.15) is 0 Å². The van der Waals surface area contributed by atoms with Crippen molar-refractivity contribution in [1.82, 2.24) is 4.98 Å². The molecule has 0 amide bonds. The van der Waals surface area contributed by atoms with Crippen LogP contribution in [0.4, 0.5) is 5.69 Å². The largest absolute Gasteiger partial charge is 0.397 e. The molecule has 0 bridgehead atoms. The van der Waals surface area contributed by atoms with E-state index in [0.717, 1.165) is 27.0 Å². The first-order valence-electron chi connectivity index (χ1n) is 6.75. The summed E-state index contributed by atoms with van der Waals surface area (Å²) in [5.74, 6) is -0.0225. The molecule has 2 N–H and O–H groups in total. The molecule has 0 radical (unpaired) electrons. The number of pyridine rings is 1. The van der Waals surface area contributed by atoms with Crippen LogP contribution in [-0.2, 0) is 0 Å². The Hall–Kier alpha value is -2.20. The number of nitrogens with zero attached hydrogens (tertiary/aromatic N) is 1. The maximum Gasteiger partial charge on any atom is 0.205 e. The van der Waals surface area contributed by atoms with Crippen LogP contribution in [0.3, 0.4) is 0 Å². The molecule has 1 aromatic carbocycles. The van der Waals surface area contributed by atoms with E-state index >= 15 is 0 Å². The highest BCUT2D eigenvalue weighted by molar-refractivity contribution is 7.21. The van der Waals surface area contributed by atoms with Gasteiger partial charge >= 0.3 is 0 Å². The number of carbonyl (C=O) groups excluding carboxylic acids is 1. The van der Waals surface area contributed by atoms with Crippen LogP contribution >= 0.6 is 11.3 Å². The highest BCUT2D eigenvalue weighted by atomic mass is 32.1. The Morgan fingerprint density at radius 2 is 1.90 bits per heavy atom. The van der Waals surface area contributed by atoms with Gasteiger partial charge in [-0.15, -0.1) is 11.3 Å². The van der Waals surface area contributed by atoms with Crippen molar-refractivity contribution in [2.24, 2.45) is 0 Å². The van der Waals surface area contributed by atoms with E-state index in [1.54, 1.807) is 0 Å². The number of aryl methyl sites for hydroxylation is 3. The minimum absolute atomic E-state index is 0.0225.